The van der Waals surface area contributed by atoms with Crippen LogP contribution in [0.25, 0.3) is 0 Å². The third-order valence-electron chi connectivity index (χ3n) is 4.00. The summed E-state index contributed by atoms with van der Waals surface area (Å²) in [4.78, 5) is 11.5. The Morgan fingerprint density at radius 1 is 0.741 bits per heavy atom. The van der Waals surface area contributed by atoms with Gasteiger partial charge in [-0.1, -0.05) is 56.1 Å². The van der Waals surface area contributed by atoms with Gasteiger partial charge in [0.25, 0.3) is 0 Å². The van der Waals surface area contributed by atoms with E-state index in [2.05, 4.69) is 42.5 Å². The van der Waals surface area contributed by atoms with Gasteiger partial charge in [-0.3, -0.25) is 0 Å². The topological polar surface area (TPSA) is 61.4 Å². The molecule has 3 rings (SSSR count). The van der Waals surface area contributed by atoms with Gasteiger partial charge in [-0.2, -0.15) is 0 Å². The molecule has 0 bridgehead atoms. The monoisotopic (exact) mass is 488 g/mol. The normalized spacial score (nSPS) is 10.4. The number of carboxylic acids is 1. The molecule has 0 unspecified atom stereocenters. The predicted octanol–water partition coefficient (Wildman–Crippen LogP) is 6.13. The Bertz CT molecular complexity index is 858. The van der Waals surface area contributed by atoms with Gasteiger partial charge >= 0.3 is 5.97 Å². The molecule has 0 atom stereocenters. The summed E-state index contributed by atoms with van der Waals surface area (Å²) in [6.45, 7) is 1.23. The van der Waals surface area contributed by atoms with E-state index in [9.17, 15) is 9.90 Å². The maximum absolute atomic E-state index is 11.5. The number of aromatic carboxylic acids is 1. The van der Waals surface area contributed by atoms with E-state index in [0.717, 1.165) is 31.4 Å². The van der Waals surface area contributed by atoms with Gasteiger partial charge in [0.2, 0.25) is 0 Å². The van der Waals surface area contributed by atoms with E-state index in [0.29, 0.717) is 13.1 Å². The van der Waals surface area contributed by atoms with Crippen molar-refractivity contribution >= 4 is 49.2 Å². The Kier molecular flexibility index (Phi) is 6.53. The number of carboxylic acid groups (broad SMARTS) is 1. The van der Waals surface area contributed by atoms with Gasteiger partial charge in [0.1, 0.15) is 0 Å². The van der Waals surface area contributed by atoms with Crippen molar-refractivity contribution in [1.82, 2.24) is 0 Å². The van der Waals surface area contributed by atoms with Crippen molar-refractivity contribution in [3.05, 3.63) is 92.4 Å². The van der Waals surface area contributed by atoms with Crippen LogP contribution in [0.5, 0.6) is 0 Å². The molecule has 0 heterocycles. The average Bonchev–Trinajstić information content (AvgIpc) is 2.67. The fraction of sp³-hybridized carbons (Fsp3) is 0.0952. The molecule has 6 heteroatoms. The number of halogens is 2. The number of hydrogen-bond donors (Lipinski definition) is 3. The van der Waals surface area contributed by atoms with Crippen LogP contribution in [0.1, 0.15) is 21.5 Å². The smallest absolute Gasteiger partial charge is 0.335 e. The van der Waals surface area contributed by atoms with Gasteiger partial charge in [0.05, 0.1) is 5.56 Å². The number of rotatable bonds is 7. The molecular weight excluding hydrogens is 472 g/mol. The third kappa shape index (κ3) is 5.84. The van der Waals surface area contributed by atoms with Crippen molar-refractivity contribution in [2.45, 2.75) is 13.1 Å². The number of anilines is 2. The standard InChI is InChI=1S/C21H18Br2N2O2/c22-17-5-1-14(2-6-17)12-24-19-9-16(21(26)27)10-20(11-19)25-13-15-3-7-18(23)8-4-15/h1-11,24-25H,12-13H2,(H,26,27). The van der Waals surface area contributed by atoms with Crippen molar-refractivity contribution < 1.29 is 9.90 Å². The molecule has 0 aliphatic carbocycles. The van der Waals surface area contributed by atoms with Gasteiger partial charge in [-0.25, -0.2) is 4.79 Å². The lowest BCUT2D eigenvalue weighted by Gasteiger charge is -2.12. The number of carbonyl (C=O) groups is 1. The molecule has 3 aromatic rings. The molecule has 3 aromatic carbocycles. The van der Waals surface area contributed by atoms with E-state index >= 15 is 0 Å². The van der Waals surface area contributed by atoms with Crippen molar-refractivity contribution in [1.29, 1.82) is 0 Å². The van der Waals surface area contributed by atoms with Gasteiger partial charge in [-0.15, -0.1) is 0 Å². The minimum absolute atomic E-state index is 0.245. The zero-order valence-electron chi connectivity index (χ0n) is 14.4. The van der Waals surface area contributed by atoms with Crippen LogP contribution in [0.4, 0.5) is 11.4 Å². The van der Waals surface area contributed by atoms with Crippen LogP contribution in [0.3, 0.4) is 0 Å². The van der Waals surface area contributed by atoms with Crippen molar-refractivity contribution in [2.24, 2.45) is 0 Å². The van der Waals surface area contributed by atoms with Crippen molar-refractivity contribution in [3.8, 4) is 0 Å². The molecule has 4 nitrogen and oxygen atoms in total. The first-order valence-corrected chi connectivity index (χ1v) is 9.93. The minimum atomic E-state index is -0.950. The van der Waals surface area contributed by atoms with Crippen molar-refractivity contribution in [2.75, 3.05) is 10.6 Å². The van der Waals surface area contributed by atoms with Crippen LogP contribution in [0.15, 0.2) is 75.7 Å². The van der Waals surface area contributed by atoms with Gasteiger partial charge in [0, 0.05) is 33.4 Å². The summed E-state index contributed by atoms with van der Waals surface area (Å²) < 4.78 is 2.05. The highest BCUT2D eigenvalue weighted by Gasteiger charge is 2.07. The Morgan fingerprint density at radius 3 is 1.52 bits per heavy atom. The first-order chi connectivity index (χ1) is 13.0. The largest absolute Gasteiger partial charge is 0.478 e. The Morgan fingerprint density at radius 2 is 1.15 bits per heavy atom. The number of nitrogens with one attached hydrogen (secondary N) is 2. The van der Waals surface area contributed by atoms with E-state index in [1.807, 2.05) is 54.6 Å². The van der Waals surface area contributed by atoms with Gasteiger partial charge < -0.3 is 15.7 Å². The maximum Gasteiger partial charge on any atom is 0.335 e. The molecule has 0 aromatic heterocycles. The quantitative estimate of drug-likeness (QED) is 0.373. The second-order valence-electron chi connectivity index (χ2n) is 6.06. The fourth-order valence-electron chi connectivity index (χ4n) is 2.57. The summed E-state index contributed by atoms with van der Waals surface area (Å²) in [5, 5.41) is 16.0. The molecule has 0 aliphatic heterocycles. The van der Waals surface area contributed by atoms with Crippen LogP contribution >= 0.6 is 31.9 Å². The summed E-state index contributed by atoms with van der Waals surface area (Å²) in [7, 11) is 0. The zero-order chi connectivity index (χ0) is 19.2. The summed E-state index contributed by atoms with van der Waals surface area (Å²) in [5.74, 6) is -0.950. The zero-order valence-corrected chi connectivity index (χ0v) is 17.5. The molecule has 0 amide bonds. The first-order valence-electron chi connectivity index (χ1n) is 8.34. The van der Waals surface area contributed by atoms with Crippen molar-refractivity contribution in [3.63, 3.8) is 0 Å². The molecule has 27 heavy (non-hydrogen) atoms. The van der Waals surface area contributed by atoms with Gasteiger partial charge in [-0.05, 0) is 53.6 Å². The lowest BCUT2D eigenvalue weighted by atomic mass is 10.1. The Hall–Kier alpha value is -2.31. The van der Waals surface area contributed by atoms with Crippen LogP contribution in [0.2, 0.25) is 0 Å². The van der Waals surface area contributed by atoms with E-state index in [1.54, 1.807) is 12.1 Å². The fourth-order valence-corrected chi connectivity index (χ4v) is 3.10. The third-order valence-corrected chi connectivity index (χ3v) is 5.06. The van der Waals surface area contributed by atoms with E-state index < -0.39 is 5.97 Å². The molecule has 3 N–H and O–H groups in total. The summed E-state index contributed by atoms with van der Waals surface area (Å²) >= 11 is 6.84. The highest BCUT2D eigenvalue weighted by molar-refractivity contribution is 9.10. The molecule has 0 fully saturated rings. The molecule has 138 valence electrons. The highest BCUT2D eigenvalue weighted by Crippen LogP contribution is 2.21. The van der Waals surface area contributed by atoms with E-state index in [4.69, 9.17) is 0 Å². The van der Waals surface area contributed by atoms with Crippen LogP contribution in [-0.4, -0.2) is 11.1 Å². The summed E-state index contributed by atoms with van der Waals surface area (Å²) in [5.41, 5.74) is 3.99. The molecule has 0 spiro atoms. The maximum atomic E-state index is 11.5. The van der Waals surface area contributed by atoms with E-state index in [-0.39, 0.29) is 5.56 Å². The molecule has 0 saturated heterocycles. The lowest BCUT2D eigenvalue weighted by Crippen LogP contribution is -2.05. The minimum Gasteiger partial charge on any atom is -0.478 e. The lowest BCUT2D eigenvalue weighted by molar-refractivity contribution is 0.0697. The average molecular weight is 490 g/mol. The van der Waals surface area contributed by atoms with Crippen LogP contribution in [-0.2, 0) is 13.1 Å². The number of benzene rings is 3. The molecule has 0 aliphatic rings. The van der Waals surface area contributed by atoms with Crippen LogP contribution < -0.4 is 10.6 Å². The SMILES string of the molecule is O=C(O)c1cc(NCc2ccc(Br)cc2)cc(NCc2ccc(Br)cc2)c1. The second-order valence-corrected chi connectivity index (χ2v) is 7.90. The summed E-state index contributed by atoms with van der Waals surface area (Å²) in [6.07, 6.45) is 0. The molecule has 0 saturated carbocycles. The van der Waals surface area contributed by atoms with Gasteiger partial charge in [0.15, 0.2) is 0 Å². The predicted molar refractivity (Wildman–Crippen MR) is 116 cm³/mol. The Labute approximate surface area is 174 Å². The Balaban J connectivity index is 1.72. The molecule has 0 radical (unpaired) electrons. The number of hydrogen-bond acceptors (Lipinski definition) is 3. The first kappa shape index (κ1) is 19.5. The highest BCUT2D eigenvalue weighted by atomic mass is 79.9. The summed E-state index contributed by atoms with van der Waals surface area (Å²) in [6, 6.07) is 21.2. The molecular formula is C21H18Br2N2O2. The van der Waals surface area contributed by atoms with E-state index in [1.165, 1.54) is 0 Å². The van der Waals surface area contributed by atoms with Crippen LogP contribution in [0, 0.1) is 0 Å². The second kappa shape index (κ2) is 9.06.